The maximum absolute atomic E-state index is 13.0. The van der Waals surface area contributed by atoms with Gasteiger partial charge >= 0.3 is 18.0 Å². The Morgan fingerprint density at radius 2 is 1.81 bits per heavy atom. The van der Waals surface area contributed by atoms with Crippen molar-refractivity contribution >= 4 is 89.8 Å². The number of rotatable bonds is 8. The lowest BCUT2D eigenvalue weighted by Crippen LogP contribution is -2.33. The molecule has 0 heterocycles. The van der Waals surface area contributed by atoms with E-state index in [2.05, 4.69) is 27.3 Å². The molecule has 0 radical (unpaired) electrons. The Labute approximate surface area is 188 Å². The van der Waals surface area contributed by atoms with E-state index in [1.165, 1.54) is 0 Å². The Hall–Kier alpha value is 0.120. The second-order valence-corrected chi connectivity index (χ2v) is 9.69. The molecular weight excluding hydrogens is 719 g/mol. The van der Waals surface area contributed by atoms with Gasteiger partial charge in [-0.25, -0.2) is 13.2 Å². The van der Waals surface area contributed by atoms with Crippen LogP contribution in [0.25, 0.3) is 0 Å². The molecule has 0 saturated carbocycles. The molecule has 0 unspecified atom stereocenters. The van der Waals surface area contributed by atoms with Gasteiger partial charge in [0.1, 0.15) is 15.9 Å². The molecule has 7 nitrogen and oxygen atoms in total. The van der Waals surface area contributed by atoms with Crippen molar-refractivity contribution in [2.24, 2.45) is 0 Å². The van der Waals surface area contributed by atoms with Crippen LogP contribution in [0, 0.1) is 10.7 Å². The average molecular weight is 729 g/mol. The molecule has 26 heavy (non-hydrogen) atoms. The van der Waals surface area contributed by atoms with Crippen LogP contribution in [0.2, 0.25) is 0 Å². The molecule has 0 aliphatic carbocycles. The van der Waals surface area contributed by atoms with Crippen molar-refractivity contribution in [2.45, 2.75) is 19.0 Å². The van der Waals surface area contributed by atoms with Crippen molar-refractivity contribution in [3.05, 3.63) is 28.4 Å². The minimum Gasteiger partial charge on any atom is -0.748 e. The van der Waals surface area contributed by atoms with Gasteiger partial charge in [0.15, 0.2) is 0 Å². The molecular formula is C13H10F2I3O7S-. The van der Waals surface area contributed by atoms with Crippen LogP contribution in [0.5, 0.6) is 0 Å². The van der Waals surface area contributed by atoms with Gasteiger partial charge in [-0.2, -0.15) is 8.78 Å². The fourth-order valence-electron chi connectivity index (χ4n) is 1.62. The molecule has 0 aromatic heterocycles. The standard InChI is InChI=1S/C13H11F2I3O7S/c14-13(15,6-26(21,22)23)25-10(19)2-1-3-24-12(20)8-4-7(16)5-9(17)11(8)18/h4-5H,1-3,6H2,(H,21,22,23)/p-1. The Morgan fingerprint density at radius 3 is 2.38 bits per heavy atom. The van der Waals surface area contributed by atoms with Crippen LogP contribution in [0.4, 0.5) is 8.78 Å². The minimum absolute atomic E-state index is 0.109. The van der Waals surface area contributed by atoms with E-state index in [0.29, 0.717) is 9.13 Å². The summed E-state index contributed by atoms with van der Waals surface area (Å²) in [5.41, 5.74) is 0.344. The predicted octanol–water partition coefficient (Wildman–Crippen LogP) is 3.12. The van der Waals surface area contributed by atoms with Crippen molar-refractivity contribution in [2.75, 3.05) is 12.4 Å². The lowest BCUT2D eigenvalue weighted by atomic mass is 10.2. The van der Waals surface area contributed by atoms with E-state index in [1.54, 1.807) is 6.07 Å². The van der Waals surface area contributed by atoms with Gasteiger partial charge in [-0.05, 0) is 86.3 Å². The minimum atomic E-state index is -5.25. The topological polar surface area (TPSA) is 110 Å². The highest BCUT2D eigenvalue weighted by molar-refractivity contribution is 14.1. The SMILES string of the molecule is O=C(CCCOC(=O)c1cc(I)cc(I)c1I)OC(F)(F)CS(=O)(=O)[O-]. The van der Waals surface area contributed by atoms with Gasteiger partial charge in [0.25, 0.3) is 0 Å². The van der Waals surface area contributed by atoms with Gasteiger partial charge in [0.05, 0.1) is 12.2 Å². The first-order valence-corrected chi connectivity index (χ1v) is 11.5. The predicted molar refractivity (Wildman–Crippen MR) is 110 cm³/mol. The summed E-state index contributed by atoms with van der Waals surface area (Å²) < 4.78 is 68.0. The molecule has 1 aromatic rings. The quantitative estimate of drug-likeness (QED) is 0.133. The molecule has 0 N–H and O–H groups in total. The summed E-state index contributed by atoms with van der Waals surface area (Å²) in [7, 11) is -5.25. The third-order valence-electron chi connectivity index (χ3n) is 2.58. The number of halogens is 5. The van der Waals surface area contributed by atoms with E-state index in [4.69, 9.17) is 4.74 Å². The van der Waals surface area contributed by atoms with Crippen LogP contribution in [0.15, 0.2) is 12.1 Å². The second kappa shape index (κ2) is 10.1. The van der Waals surface area contributed by atoms with E-state index in [0.717, 1.165) is 7.14 Å². The van der Waals surface area contributed by atoms with Crippen molar-refractivity contribution < 1.29 is 40.8 Å². The number of hydrogen-bond donors (Lipinski definition) is 0. The fourth-order valence-corrected chi connectivity index (χ4v) is 4.46. The van der Waals surface area contributed by atoms with Gasteiger partial charge in [-0.15, -0.1) is 0 Å². The third kappa shape index (κ3) is 8.87. The normalized spacial score (nSPS) is 11.9. The van der Waals surface area contributed by atoms with Gasteiger partial charge in [0.2, 0.25) is 0 Å². The Balaban J connectivity index is 2.47. The summed E-state index contributed by atoms with van der Waals surface area (Å²) in [6, 6.07) is 3.50. The summed E-state index contributed by atoms with van der Waals surface area (Å²) >= 11 is 6.10. The number of ether oxygens (including phenoxy) is 2. The smallest absolute Gasteiger partial charge is 0.413 e. The van der Waals surface area contributed by atoms with Crippen LogP contribution in [0.3, 0.4) is 0 Å². The number of esters is 2. The zero-order valence-electron chi connectivity index (χ0n) is 12.6. The van der Waals surface area contributed by atoms with E-state index in [1.807, 2.05) is 51.2 Å². The van der Waals surface area contributed by atoms with Crippen molar-refractivity contribution in [3.8, 4) is 0 Å². The maximum atomic E-state index is 13.0. The Kier molecular flexibility index (Phi) is 9.34. The highest BCUT2D eigenvalue weighted by Crippen LogP contribution is 2.23. The number of hydrogen-bond acceptors (Lipinski definition) is 7. The molecule has 0 bridgehead atoms. The highest BCUT2D eigenvalue weighted by atomic mass is 127. The molecule has 0 atom stereocenters. The Morgan fingerprint density at radius 1 is 1.19 bits per heavy atom. The first-order valence-electron chi connectivity index (χ1n) is 6.65. The first-order chi connectivity index (χ1) is 11.8. The summed E-state index contributed by atoms with van der Waals surface area (Å²) in [5, 5.41) is 0. The molecule has 0 saturated heterocycles. The summed E-state index contributed by atoms with van der Waals surface area (Å²) in [6.45, 7) is -0.225. The second-order valence-electron chi connectivity index (χ2n) is 4.80. The van der Waals surface area contributed by atoms with Crippen molar-refractivity contribution in [3.63, 3.8) is 0 Å². The molecule has 0 amide bonds. The molecule has 0 aliphatic heterocycles. The Bertz CT molecular complexity index is 799. The van der Waals surface area contributed by atoms with Crippen molar-refractivity contribution in [1.29, 1.82) is 0 Å². The zero-order chi connectivity index (χ0) is 20.1. The average Bonchev–Trinajstić information content (AvgIpc) is 2.43. The molecule has 1 rings (SSSR count). The monoisotopic (exact) mass is 729 g/mol. The first kappa shape index (κ1) is 24.2. The van der Waals surface area contributed by atoms with Crippen molar-refractivity contribution in [1.82, 2.24) is 0 Å². The van der Waals surface area contributed by atoms with Crippen LogP contribution >= 0.6 is 67.8 Å². The number of carbonyl (C=O) groups excluding carboxylic acids is 2. The summed E-state index contributed by atoms with van der Waals surface area (Å²) in [5.74, 6) is -4.17. The number of carbonyl (C=O) groups is 2. The van der Waals surface area contributed by atoms with Crippen LogP contribution < -0.4 is 0 Å². The van der Waals surface area contributed by atoms with Gasteiger partial charge in [0, 0.05) is 17.1 Å². The van der Waals surface area contributed by atoms with Gasteiger partial charge in [-0.3, -0.25) is 4.79 Å². The lowest BCUT2D eigenvalue weighted by molar-refractivity contribution is -0.221. The molecule has 0 fully saturated rings. The molecule has 146 valence electrons. The zero-order valence-corrected chi connectivity index (χ0v) is 19.9. The number of benzene rings is 1. The summed E-state index contributed by atoms with van der Waals surface area (Å²) in [4.78, 5) is 23.3. The van der Waals surface area contributed by atoms with Crippen LogP contribution in [0.1, 0.15) is 23.2 Å². The van der Waals surface area contributed by atoms with Crippen LogP contribution in [-0.2, 0) is 24.4 Å². The van der Waals surface area contributed by atoms with E-state index in [-0.39, 0.29) is 13.0 Å². The summed E-state index contributed by atoms with van der Waals surface area (Å²) in [6.07, 6.45) is -5.05. The largest absolute Gasteiger partial charge is 0.748 e. The van der Waals surface area contributed by atoms with Gasteiger partial charge in [-0.1, -0.05) is 0 Å². The van der Waals surface area contributed by atoms with E-state index < -0.39 is 40.3 Å². The molecule has 0 spiro atoms. The molecule has 1 aromatic carbocycles. The molecule has 13 heteroatoms. The third-order valence-corrected chi connectivity index (χ3v) is 6.94. The fraction of sp³-hybridized carbons (Fsp3) is 0.385. The number of alkyl halides is 2. The lowest BCUT2D eigenvalue weighted by Gasteiger charge is -2.18. The van der Waals surface area contributed by atoms with E-state index in [9.17, 15) is 31.3 Å². The van der Waals surface area contributed by atoms with Gasteiger partial charge < -0.3 is 14.0 Å². The van der Waals surface area contributed by atoms with E-state index >= 15 is 0 Å². The molecule has 0 aliphatic rings. The maximum Gasteiger partial charge on any atom is 0.413 e. The highest BCUT2D eigenvalue weighted by Gasteiger charge is 2.36. The van der Waals surface area contributed by atoms with Crippen LogP contribution in [-0.4, -0.2) is 43.4 Å².